The summed E-state index contributed by atoms with van der Waals surface area (Å²) in [7, 11) is 2.31. The van der Waals surface area contributed by atoms with Gasteiger partial charge in [-0.05, 0) is 62.6 Å². The molecule has 17 heteroatoms. The van der Waals surface area contributed by atoms with Gasteiger partial charge in [0.25, 0.3) is 5.91 Å². The second kappa shape index (κ2) is 14.0. The van der Waals surface area contributed by atoms with E-state index in [0.717, 1.165) is 12.0 Å². The van der Waals surface area contributed by atoms with Gasteiger partial charge < -0.3 is 19.2 Å². The fourth-order valence-electron chi connectivity index (χ4n) is 5.65. The van der Waals surface area contributed by atoms with E-state index >= 15 is 0 Å². The number of imidazole rings is 1. The Morgan fingerprint density at radius 1 is 1.00 bits per heavy atom. The Morgan fingerprint density at radius 3 is 2.15 bits per heavy atom. The lowest BCUT2D eigenvalue weighted by Gasteiger charge is -2.43. The predicted molar refractivity (Wildman–Crippen MR) is 160 cm³/mol. The van der Waals surface area contributed by atoms with Crippen LogP contribution in [-0.4, -0.2) is 66.4 Å². The number of aromatic nitrogens is 2. The summed E-state index contributed by atoms with van der Waals surface area (Å²) in [5, 5.41) is 0. The first-order chi connectivity index (χ1) is 22.5. The maximum atomic E-state index is 13.9. The van der Waals surface area contributed by atoms with Crippen molar-refractivity contribution in [2.75, 3.05) is 37.2 Å². The minimum atomic E-state index is -5.12. The molecule has 1 aliphatic heterocycles. The number of hydrogen-bond acceptors (Lipinski definition) is 7. The summed E-state index contributed by atoms with van der Waals surface area (Å²) in [6.45, 7) is 4.37. The Bertz CT molecular complexity index is 1610. The van der Waals surface area contributed by atoms with E-state index in [2.05, 4.69) is 9.97 Å². The van der Waals surface area contributed by atoms with Crippen LogP contribution in [0.3, 0.4) is 0 Å². The second-order valence-electron chi connectivity index (χ2n) is 10.8. The van der Waals surface area contributed by atoms with Crippen LogP contribution >= 0.6 is 0 Å². The van der Waals surface area contributed by atoms with Crippen molar-refractivity contribution in [2.45, 2.75) is 58.2 Å². The Hall–Kier alpha value is -4.96. The van der Waals surface area contributed by atoms with Crippen molar-refractivity contribution < 1.29 is 54.9 Å². The van der Waals surface area contributed by atoms with Gasteiger partial charge in [-0.15, -0.1) is 0 Å². The average molecular weight is 686 g/mol. The van der Waals surface area contributed by atoms with Crippen LogP contribution in [0.1, 0.15) is 65.8 Å². The van der Waals surface area contributed by atoms with E-state index in [1.807, 2.05) is 0 Å². The van der Waals surface area contributed by atoms with E-state index in [1.165, 1.54) is 41.6 Å². The monoisotopic (exact) mass is 685 g/mol. The number of alkyl halides is 6. The van der Waals surface area contributed by atoms with Crippen molar-refractivity contribution in [1.29, 1.82) is 0 Å². The average Bonchev–Trinajstić information content (AvgIpc) is 3.56. The van der Waals surface area contributed by atoms with Crippen LogP contribution in [0.2, 0.25) is 0 Å². The van der Waals surface area contributed by atoms with Gasteiger partial charge in [0.2, 0.25) is 0 Å². The summed E-state index contributed by atoms with van der Waals surface area (Å²) >= 11 is 0. The molecule has 2 atom stereocenters. The molecule has 260 valence electrons. The van der Waals surface area contributed by atoms with Crippen molar-refractivity contribution in [2.24, 2.45) is 0 Å². The molecule has 0 saturated heterocycles. The van der Waals surface area contributed by atoms with E-state index in [4.69, 9.17) is 14.2 Å². The van der Waals surface area contributed by atoms with Crippen LogP contribution in [-0.2, 0) is 28.4 Å². The molecule has 0 aliphatic carbocycles. The Labute approximate surface area is 271 Å². The highest BCUT2D eigenvalue weighted by molar-refractivity contribution is 6.08. The van der Waals surface area contributed by atoms with Crippen molar-refractivity contribution in [3.8, 4) is 5.75 Å². The molecular formula is C31H33F6N5O6. The topological polar surface area (TPSA) is 117 Å². The fraction of sp³-hybridized carbons (Fsp3) is 0.419. The van der Waals surface area contributed by atoms with Crippen LogP contribution in [0, 0.1) is 0 Å². The molecule has 2 heterocycles. The summed E-state index contributed by atoms with van der Waals surface area (Å²) in [6.07, 6.45) is -9.36. The van der Waals surface area contributed by atoms with Gasteiger partial charge in [-0.25, -0.2) is 14.6 Å². The minimum Gasteiger partial charge on any atom is -0.496 e. The van der Waals surface area contributed by atoms with Crippen LogP contribution in [0.4, 0.5) is 47.4 Å². The fourth-order valence-corrected chi connectivity index (χ4v) is 5.65. The van der Waals surface area contributed by atoms with Crippen molar-refractivity contribution in [3.63, 3.8) is 0 Å². The number of ether oxygens (including phenoxy) is 3. The third kappa shape index (κ3) is 7.28. The lowest BCUT2D eigenvalue weighted by molar-refractivity contribution is -0.143. The number of carbonyl (C=O) groups is 3. The summed E-state index contributed by atoms with van der Waals surface area (Å²) < 4.78 is 97.9. The van der Waals surface area contributed by atoms with Gasteiger partial charge in [-0.1, -0.05) is 0 Å². The molecule has 0 spiro atoms. The zero-order chi connectivity index (χ0) is 35.6. The van der Waals surface area contributed by atoms with Crippen LogP contribution in [0.25, 0.3) is 0 Å². The Kier molecular flexibility index (Phi) is 10.5. The van der Waals surface area contributed by atoms with Gasteiger partial charge in [0.15, 0.2) is 0 Å². The standard InChI is InChI=1S/C31H33F6N5O6/c1-6-40(26-14-38-16-39-26)27(43)22-12-21-23(8-17(3)42(29(45)48-7-2)24(21)13-25(22)46-4)41(28(44)47-5)15-18-9-19(30(32,33)34)11-20(10-18)31(35,36)37/h9-14,16-17,23H,6-8,15H2,1-5H3,(H,38,39). The minimum absolute atomic E-state index is 0.00941. The maximum Gasteiger partial charge on any atom is 0.416 e. The molecule has 2 aromatic carbocycles. The van der Waals surface area contributed by atoms with Crippen LogP contribution < -0.4 is 14.5 Å². The smallest absolute Gasteiger partial charge is 0.416 e. The first kappa shape index (κ1) is 35.9. The molecule has 0 bridgehead atoms. The summed E-state index contributed by atoms with van der Waals surface area (Å²) in [6, 6.07) is 1.98. The van der Waals surface area contributed by atoms with Crippen LogP contribution in [0.15, 0.2) is 42.9 Å². The number of H-pyrrole nitrogens is 1. The van der Waals surface area contributed by atoms with Gasteiger partial charge in [0.1, 0.15) is 11.6 Å². The summed E-state index contributed by atoms with van der Waals surface area (Å²) in [5.41, 5.74) is -3.30. The van der Waals surface area contributed by atoms with Gasteiger partial charge >= 0.3 is 24.5 Å². The molecule has 2 unspecified atom stereocenters. The first-order valence-electron chi connectivity index (χ1n) is 14.7. The number of amides is 3. The number of fused-ring (bicyclic) bond motifs is 1. The SMILES string of the molecule is CCOC(=O)N1c2cc(OC)c(C(=O)N(CC)c3cnc[nH]3)cc2C(N(Cc2cc(C(F)(F)F)cc(C(F)(F)F)c2)C(=O)OC)CC1C. The molecular weight excluding hydrogens is 652 g/mol. The lowest BCUT2D eigenvalue weighted by Crippen LogP contribution is -2.48. The van der Waals surface area contributed by atoms with E-state index in [-0.39, 0.29) is 48.2 Å². The number of rotatable bonds is 8. The molecule has 1 aliphatic rings. The number of methoxy groups -OCH3 is 2. The predicted octanol–water partition coefficient (Wildman–Crippen LogP) is 7.19. The van der Waals surface area contributed by atoms with Gasteiger partial charge in [-0.2, -0.15) is 26.3 Å². The molecule has 1 aromatic heterocycles. The molecule has 0 radical (unpaired) electrons. The highest BCUT2D eigenvalue weighted by Gasteiger charge is 2.42. The zero-order valence-corrected chi connectivity index (χ0v) is 26.5. The third-order valence-electron chi connectivity index (χ3n) is 7.79. The van der Waals surface area contributed by atoms with Crippen molar-refractivity contribution >= 4 is 29.6 Å². The van der Waals surface area contributed by atoms with Crippen molar-refractivity contribution in [1.82, 2.24) is 14.9 Å². The van der Waals surface area contributed by atoms with E-state index < -0.39 is 65.8 Å². The van der Waals surface area contributed by atoms with Gasteiger partial charge in [-0.3, -0.25) is 19.5 Å². The molecule has 1 N–H and O–H groups in total. The molecule has 0 fully saturated rings. The normalized spacial score (nSPS) is 16.2. The summed E-state index contributed by atoms with van der Waals surface area (Å²) in [4.78, 5) is 50.8. The number of benzene rings is 2. The lowest BCUT2D eigenvalue weighted by atomic mass is 9.88. The maximum absolute atomic E-state index is 13.9. The summed E-state index contributed by atoms with van der Waals surface area (Å²) in [5.74, 6) is -0.184. The number of halogens is 6. The number of carbonyl (C=O) groups excluding carboxylic acids is 3. The first-order valence-corrected chi connectivity index (χ1v) is 14.7. The highest BCUT2D eigenvalue weighted by Crippen LogP contribution is 2.45. The van der Waals surface area contributed by atoms with Gasteiger partial charge in [0.05, 0.1) is 61.8 Å². The van der Waals surface area contributed by atoms with Gasteiger partial charge in [0, 0.05) is 25.2 Å². The Morgan fingerprint density at radius 2 is 1.65 bits per heavy atom. The molecule has 3 aromatic rings. The molecule has 3 amide bonds. The van der Waals surface area contributed by atoms with E-state index in [1.54, 1.807) is 20.8 Å². The second-order valence-corrected chi connectivity index (χ2v) is 10.8. The molecule has 4 rings (SSSR count). The molecule has 11 nitrogen and oxygen atoms in total. The number of hydrogen-bond donors (Lipinski definition) is 1. The number of anilines is 2. The zero-order valence-electron chi connectivity index (χ0n) is 26.5. The van der Waals surface area contributed by atoms with Crippen LogP contribution in [0.5, 0.6) is 5.75 Å². The largest absolute Gasteiger partial charge is 0.496 e. The number of nitrogens with one attached hydrogen (secondary N) is 1. The highest BCUT2D eigenvalue weighted by atomic mass is 19.4. The quantitative estimate of drug-likeness (QED) is 0.250. The Balaban J connectivity index is 1.93. The molecule has 0 saturated carbocycles. The van der Waals surface area contributed by atoms with Crippen molar-refractivity contribution in [3.05, 3.63) is 70.7 Å². The molecule has 48 heavy (non-hydrogen) atoms. The van der Waals surface area contributed by atoms with E-state index in [0.29, 0.717) is 18.0 Å². The van der Waals surface area contributed by atoms with E-state index in [9.17, 15) is 40.7 Å². The number of aromatic amines is 1. The third-order valence-corrected chi connectivity index (χ3v) is 7.79. The number of nitrogens with zero attached hydrogens (tertiary/aromatic N) is 4.